The Kier molecular flexibility index (Phi) is 5.16. The molecule has 9 nitrogen and oxygen atoms in total. The minimum atomic E-state index is -4.59. The van der Waals surface area contributed by atoms with Crippen LogP contribution in [-0.2, 0) is 26.7 Å². The van der Waals surface area contributed by atoms with Crippen LogP contribution in [-0.4, -0.2) is 35.4 Å². The molecule has 2 N–H and O–H groups in total. The lowest BCUT2D eigenvalue weighted by molar-refractivity contribution is -0.141. The number of aryl methyl sites for hydroxylation is 3. The topological polar surface area (TPSA) is 108 Å². The van der Waals surface area contributed by atoms with Crippen molar-refractivity contribution in [1.29, 1.82) is 0 Å². The molecule has 4 heterocycles. The Hall–Kier alpha value is -4.55. The first kappa shape index (κ1) is 23.8. The maximum atomic E-state index is 15.5. The molecule has 1 aliphatic carbocycles. The molecule has 0 bridgehead atoms. The number of halogens is 4. The zero-order valence-corrected chi connectivity index (χ0v) is 20.2. The summed E-state index contributed by atoms with van der Waals surface area (Å²) in [6, 6.07) is 4.12. The fourth-order valence-corrected chi connectivity index (χ4v) is 5.12. The molecule has 1 aromatic carbocycles. The van der Waals surface area contributed by atoms with Crippen LogP contribution < -0.4 is 10.6 Å². The molecule has 13 heteroatoms. The molecule has 38 heavy (non-hydrogen) atoms. The van der Waals surface area contributed by atoms with Gasteiger partial charge in [-0.05, 0) is 30.5 Å². The summed E-state index contributed by atoms with van der Waals surface area (Å²) in [6.07, 6.45) is 0.536. The number of nitrogens with two attached hydrogens (primary N) is 1. The van der Waals surface area contributed by atoms with E-state index in [1.807, 2.05) is 0 Å². The molecule has 5 aromatic rings. The maximum absolute atomic E-state index is 15.5. The van der Waals surface area contributed by atoms with Crippen molar-refractivity contribution in [3.05, 3.63) is 71.2 Å². The van der Waals surface area contributed by atoms with Crippen LogP contribution in [0, 0.1) is 5.82 Å². The van der Waals surface area contributed by atoms with Crippen LogP contribution in [0.4, 0.5) is 29.1 Å². The van der Waals surface area contributed by atoms with Crippen molar-refractivity contribution < 1.29 is 22.4 Å². The number of pyridine rings is 2. The van der Waals surface area contributed by atoms with Gasteiger partial charge in [-0.1, -0.05) is 6.07 Å². The number of hydrogen-bond donors (Lipinski definition) is 1. The summed E-state index contributed by atoms with van der Waals surface area (Å²) >= 11 is 0. The largest absolute Gasteiger partial charge is 0.433 e. The highest BCUT2D eigenvalue weighted by atomic mass is 19.4. The number of alkyl halides is 3. The van der Waals surface area contributed by atoms with Crippen molar-refractivity contribution in [1.82, 2.24) is 29.5 Å². The van der Waals surface area contributed by atoms with Crippen LogP contribution in [0.5, 0.6) is 0 Å². The van der Waals surface area contributed by atoms with E-state index in [1.165, 1.54) is 27.9 Å². The van der Waals surface area contributed by atoms with Gasteiger partial charge in [0, 0.05) is 37.4 Å². The molecule has 0 radical (unpaired) electrons. The second kappa shape index (κ2) is 8.23. The Morgan fingerprint density at radius 1 is 1.11 bits per heavy atom. The van der Waals surface area contributed by atoms with Crippen molar-refractivity contribution >= 4 is 39.2 Å². The van der Waals surface area contributed by atoms with E-state index in [4.69, 9.17) is 5.73 Å². The number of nitrogen functional groups attached to an aromatic ring is 1. The van der Waals surface area contributed by atoms with Crippen LogP contribution in [0.25, 0.3) is 21.8 Å². The van der Waals surface area contributed by atoms with Gasteiger partial charge in [0.05, 0.1) is 46.1 Å². The first-order valence-electron chi connectivity index (χ1n) is 11.6. The molecule has 1 amide bonds. The Labute approximate surface area is 212 Å². The van der Waals surface area contributed by atoms with E-state index in [1.54, 1.807) is 31.2 Å². The van der Waals surface area contributed by atoms with E-state index in [-0.39, 0.29) is 29.0 Å². The summed E-state index contributed by atoms with van der Waals surface area (Å²) in [5, 5.41) is 9.40. The second-order valence-electron chi connectivity index (χ2n) is 9.21. The summed E-state index contributed by atoms with van der Waals surface area (Å²) in [7, 11) is 3.36. The highest BCUT2D eigenvalue weighted by molar-refractivity contribution is 6.13. The molecule has 4 aromatic heterocycles. The number of nitrogens with zero attached hydrogens (tertiary/aromatic N) is 7. The SMILES string of the molecule is Cn1cc(N(C(=O)c2cc3c(cc2F)nc(N)c2cnn(C)c23)C2CCc3nc(C(F)(F)F)ccc32)cn1. The Morgan fingerprint density at radius 3 is 2.61 bits per heavy atom. The molecule has 1 unspecified atom stereocenters. The van der Waals surface area contributed by atoms with Gasteiger partial charge in [0.2, 0.25) is 0 Å². The van der Waals surface area contributed by atoms with Crippen LogP contribution in [0.15, 0.2) is 42.9 Å². The molecule has 0 saturated heterocycles. The van der Waals surface area contributed by atoms with Gasteiger partial charge in [0.25, 0.3) is 5.91 Å². The minimum absolute atomic E-state index is 0.185. The Bertz CT molecular complexity index is 1760. The Morgan fingerprint density at radius 2 is 1.89 bits per heavy atom. The molecule has 0 spiro atoms. The minimum Gasteiger partial charge on any atom is -0.383 e. The van der Waals surface area contributed by atoms with Crippen LogP contribution >= 0.6 is 0 Å². The highest BCUT2D eigenvalue weighted by Gasteiger charge is 2.38. The number of carbonyl (C=O) groups excluding carboxylic acids is 1. The summed E-state index contributed by atoms with van der Waals surface area (Å²) in [6.45, 7) is 0. The van der Waals surface area contributed by atoms with E-state index < -0.39 is 29.6 Å². The quantitative estimate of drug-likeness (QED) is 0.352. The molecule has 194 valence electrons. The molecular formula is C25H20F4N8O. The first-order valence-corrected chi connectivity index (χ1v) is 11.6. The lowest BCUT2D eigenvalue weighted by Crippen LogP contribution is -2.34. The molecular weight excluding hydrogens is 504 g/mol. The lowest BCUT2D eigenvalue weighted by Gasteiger charge is -2.29. The number of rotatable bonds is 3. The molecule has 6 rings (SSSR count). The number of anilines is 2. The molecule has 0 saturated carbocycles. The summed E-state index contributed by atoms with van der Waals surface area (Å²) in [4.78, 5) is 23.5. The summed E-state index contributed by atoms with van der Waals surface area (Å²) in [5.41, 5.74) is 6.74. The molecule has 0 aliphatic heterocycles. The normalized spacial score (nSPS) is 15.4. The predicted molar refractivity (Wildman–Crippen MR) is 131 cm³/mol. The van der Waals surface area contributed by atoms with Gasteiger partial charge < -0.3 is 5.73 Å². The van der Waals surface area contributed by atoms with Gasteiger partial charge in [-0.3, -0.25) is 19.1 Å². The number of fused-ring (bicyclic) bond motifs is 4. The number of benzene rings is 1. The predicted octanol–water partition coefficient (Wildman–Crippen LogP) is 4.32. The fourth-order valence-electron chi connectivity index (χ4n) is 5.12. The van der Waals surface area contributed by atoms with E-state index in [2.05, 4.69) is 20.2 Å². The number of amides is 1. The van der Waals surface area contributed by atoms with E-state index in [9.17, 15) is 18.0 Å². The van der Waals surface area contributed by atoms with Gasteiger partial charge in [0.1, 0.15) is 17.3 Å². The van der Waals surface area contributed by atoms with Gasteiger partial charge in [-0.15, -0.1) is 0 Å². The monoisotopic (exact) mass is 524 g/mol. The number of hydrogen-bond acceptors (Lipinski definition) is 6. The standard InChI is InChI=1S/C25H20F4N8O/c1-35-11-12(9-31-35)37(20-5-4-18-13(20)3-6-21(33-18)25(27,28)29)24(38)14-7-15-19(8-17(14)26)34-23(30)16-10-32-36(2)22(15)16/h3,6-11,20H,4-5H2,1-2H3,(H2,30,34). The first-order chi connectivity index (χ1) is 18.0. The van der Waals surface area contributed by atoms with E-state index >= 15 is 4.39 Å². The van der Waals surface area contributed by atoms with E-state index in [0.29, 0.717) is 34.0 Å². The van der Waals surface area contributed by atoms with Crippen LogP contribution in [0.2, 0.25) is 0 Å². The third kappa shape index (κ3) is 3.64. The van der Waals surface area contributed by atoms with Crippen LogP contribution in [0.3, 0.4) is 0 Å². The number of carbonyl (C=O) groups is 1. The summed E-state index contributed by atoms with van der Waals surface area (Å²) in [5.74, 6) is -1.31. The summed E-state index contributed by atoms with van der Waals surface area (Å²) < 4.78 is 58.3. The highest BCUT2D eigenvalue weighted by Crippen LogP contribution is 2.41. The molecule has 0 fully saturated rings. The average Bonchev–Trinajstić information content (AvgIpc) is 3.58. The van der Waals surface area contributed by atoms with E-state index in [0.717, 1.165) is 12.1 Å². The second-order valence-corrected chi connectivity index (χ2v) is 9.21. The van der Waals surface area contributed by atoms with Gasteiger partial charge in [-0.2, -0.15) is 23.4 Å². The van der Waals surface area contributed by atoms with Crippen molar-refractivity contribution in [2.75, 3.05) is 10.6 Å². The zero-order chi connectivity index (χ0) is 26.9. The maximum Gasteiger partial charge on any atom is 0.433 e. The fraction of sp³-hybridized carbons (Fsp3) is 0.240. The average molecular weight is 524 g/mol. The third-order valence-corrected chi connectivity index (χ3v) is 6.84. The third-order valence-electron chi connectivity index (χ3n) is 6.84. The zero-order valence-electron chi connectivity index (χ0n) is 20.2. The van der Waals surface area contributed by atoms with Crippen molar-refractivity contribution in [2.24, 2.45) is 14.1 Å². The van der Waals surface area contributed by atoms with Crippen LogP contribution in [0.1, 0.15) is 39.8 Å². The lowest BCUT2D eigenvalue weighted by atomic mass is 10.0. The van der Waals surface area contributed by atoms with Gasteiger partial charge in [-0.25, -0.2) is 14.4 Å². The smallest absolute Gasteiger partial charge is 0.383 e. The van der Waals surface area contributed by atoms with Gasteiger partial charge >= 0.3 is 6.18 Å². The van der Waals surface area contributed by atoms with Crippen molar-refractivity contribution in [3.63, 3.8) is 0 Å². The van der Waals surface area contributed by atoms with Gasteiger partial charge in [0.15, 0.2) is 0 Å². The van der Waals surface area contributed by atoms with Crippen molar-refractivity contribution in [2.45, 2.75) is 25.1 Å². The van der Waals surface area contributed by atoms with Crippen molar-refractivity contribution in [3.8, 4) is 0 Å². The Balaban J connectivity index is 1.50. The molecule has 1 atom stereocenters. The number of aromatic nitrogens is 6. The molecule has 1 aliphatic rings.